The topological polar surface area (TPSA) is 70.7 Å². The summed E-state index contributed by atoms with van der Waals surface area (Å²) in [5.74, 6) is 0.293. The molecule has 0 unspecified atom stereocenters. The summed E-state index contributed by atoms with van der Waals surface area (Å²) in [6, 6.07) is 12.4. The minimum absolute atomic E-state index is 0.0300. The van der Waals surface area contributed by atoms with Crippen molar-refractivity contribution in [1.29, 1.82) is 5.26 Å². The molecule has 1 aliphatic rings. The van der Waals surface area contributed by atoms with Crippen molar-refractivity contribution in [2.75, 3.05) is 11.9 Å². The van der Waals surface area contributed by atoms with Gasteiger partial charge in [-0.25, -0.2) is 13.6 Å². The molecule has 5 nitrogen and oxygen atoms in total. The van der Waals surface area contributed by atoms with E-state index >= 15 is 0 Å². The van der Waals surface area contributed by atoms with E-state index in [0.717, 1.165) is 18.4 Å². The normalized spacial score (nSPS) is 13.7. The highest BCUT2D eigenvalue weighted by molar-refractivity contribution is 6.32. The van der Waals surface area contributed by atoms with Gasteiger partial charge in [0, 0.05) is 5.39 Å². The molecular formula is C20H15ClF2N4O. The smallest absolute Gasteiger partial charge is 0.354 e. The van der Waals surface area contributed by atoms with Crippen molar-refractivity contribution in [1.82, 2.24) is 9.55 Å². The number of para-hydroxylation sites is 1. The number of nitrogens with one attached hydrogen (secondary N) is 1. The number of hydrogen-bond acceptors (Lipinski definition) is 4. The number of nitrogens with zero attached hydrogens (tertiary/aromatic N) is 3. The molecule has 0 spiro atoms. The Kier molecular flexibility index (Phi) is 4.73. The van der Waals surface area contributed by atoms with Crippen LogP contribution in [0.2, 0.25) is 5.02 Å². The molecule has 1 N–H and O–H groups in total. The van der Waals surface area contributed by atoms with Crippen molar-refractivity contribution >= 4 is 28.3 Å². The summed E-state index contributed by atoms with van der Waals surface area (Å²) in [5, 5.41) is 12.8. The molecule has 4 rings (SSSR count). The Bertz CT molecular complexity index is 1170. The van der Waals surface area contributed by atoms with Crippen LogP contribution in [-0.2, 0) is 0 Å². The average Bonchev–Trinajstić information content (AvgIpc) is 3.51. The summed E-state index contributed by atoms with van der Waals surface area (Å²) in [6.07, 6.45) is -0.667. The molecule has 1 aromatic heterocycles. The first kappa shape index (κ1) is 18.4. The lowest BCUT2D eigenvalue weighted by Crippen LogP contribution is -2.25. The van der Waals surface area contributed by atoms with E-state index in [1.54, 1.807) is 36.4 Å². The van der Waals surface area contributed by atoms with Gasteiger partial charge >= 0.3 is 5.69 Å². The summed E-state index contributed by atoms with van der Waals surface area (Å²) in [6.45, 7) is -0.649. The summed E-state index contributed by atoms with van der Waals surface area (Å²) in [7, 11) is 0. The minimum atomic E-state index is -2.61. The average molecular weight is 401 g/mol. The predicted molar refractivity (Wildman–Crippen MR) is 104 cm³/mol. The van der Waals surface area contributed by atoms with Crippen LogP contribution >= 0.6 is 11.6 Å². The fourth-order valence-corrected chi connectivity index (χ4v) is 3.51. The van der Waals surface area contributed by atoms with Gasteiger partial charge < -0.3 is 5.32 Å². The van der Waals surface area contributed by atoms with Gasteiger partial charge in [0.05, 0.1) is 34.4 Å². The molecule has 3 aromatic rings. The van der Waals surface area contributed by atoms with E-state index in [2.05, 4.69) is 16.4 Å². The highest BCUT2D eigenvalue weighted by atomic mass is 35.5. The maximum atomic E-state index is 12.8. The number of alkyl halides is 2. The quantitative estimate of drug-likeness (QED) is 0.686. The summed E-state index contributed by atoms with van der Waals surface area (Å²) >= 11 is 6.29. The molecule has 1 aliphatic carbocycles. The van der Waals surface area contributed by atoms with Crippen molar-refractivity contribution in [3.63, 3.8) is 0 Å². The van der Waals surface area contributed by atoms with Gasteiger partial charge in [-0.3, -0.25) is 4.57 Å². The number of aromatic nitrogens is 2. The molecule has 0 bridgehead atoms. The number of anilines is 1. The van der Waals surface area contributed by atoms with Gasteiger partial charge in [0.25, 0.3) is 6.43 Å². The van der Waals surface area contributed by atoms with E-state index in [9.17, 15) is 18.8 Å². The van der Waals surface area contributed by atoms with Gasteiger partial charge in [-0.2, -0.15) is 10.2 Å². The molecule has 0 amide bonds. The third-order valence-electron chi connectivity index (χ3n) is 4.72. The van der Waals surface area contributed by atoms with Gasteiger partial charge in [-0.05, 0) is 48.6 Å². The number of benzene rings is 2. The van der Waals surface area contributed by atoms with Crippen LogP contribution in [0.25, 0.3) is 16.6 Å². The Morgan fingerprint density at radius 1 is 1.32 bits per heavy atom. The molecule has 8 heteroatoms. The Labute approximate surface area is 164 Å². The van der Waals surface area contributed by atoms with Crippen molar-refractivity contribution in [2.24, 2.45) is 0 Å². The van der Waals surface area contributed by atoms with E-state index in [-0.39, 0.29) is 11.7 Å². The molecular weight excluding hydrogens is 386 g/mol. The van der Waals surface area contributed by atoms with Gasteiger partial charge in [0.15, 0.2) is 0 Å². The monoisotopic (exact) mass is 400 g/mol. The van der Waals surface area contributed by atoms with Crippen LogP contribution in [0, 0.1) is 11.3 Å². The van der Waals surface area contributed by atoms with E-state index in [0.29, 0.717) is 27.2 Å². The second kappa shape index (κ2) is 7.21. The lowest BCUT2D eigenvalue weighted by atomic mass is 10.0. The van der Waals surface area contributed by atoms with Crippen LogP contribution in [-0.4, -0.2) is 22.5 Å². The van der Waals surface area contributed by atoms with Gasteiger partial charge in [-0.15, -0.1) is 0 Å². The molecule has 0 aliphatic heterocycles. The van der Waals surface area contributed by atoms with Crippen LogP contribution in [0.3, 0.4) is 0 Å². The highest BCUT2D eigenvalue weighted by Crippen LogP contribution is 2.43. The molecule has 0 radical (unpaired) electrons. The van der Waals surface area contributed by atoms with Crippen LogP contribution < -0.4 is 11.0 Å². The van der Waals surface area contributed by atoms with Crippen molar-refractivity contribution in [3.8, 4) is 11.8 Å². The summed E-state index contributed by atoms with van der Waals surface area (Å²) in [5.41, 5.74) is 1.59. The molecule has 1 saturated carbocycles. The zero-order valence-corrected chi connectivity index (χ0v) is 15.4. The van der Waals surface area contributed by atoms with Crippen molar-refractivity contribution < 1.29 is 8.78 Å². The van der Waals surface area contributed by atoms with Crippen LogP contribution in [0.4, 0.5) is 14.6 Å². The third kappa shape index (κ3) is 3.32. The molecule has 1 heterocycles. The summed E-state index contributed by atoms with van der Waals surface area (Å²) < 4.78 is 26.8. The zero-order valence-electron chi connectivity index (χ0n) is 14.6. The number of nitriles is 1. The van der Waals surface area contributed by atoms with Gasteiger partial charge in [0.1, 0.15) is 5.82 Å². The molecule has 0 atom stereocenters. The second-order valence-corrected chi connectivity index (χ2v) is 7.05. The van der Waals surface area contributed by atoms with Gasteiger partial charge in [-0.1, -0.05) is 23.7 Å². The largest absolute Gasteiger partial charge is 0.364 e. The minimum Gasteiger partial charge on any atom is -0.364 e. The molecule has 28 heavy (non-hydrogen) atoms. The van der Waals surface area contributed by atoms with E-state index < -0.39 is 18.7 Å². The van der Waals surface area contributed by atoms with E-state index in [1.165, 1.54) is 4.57 Å². The maximum absolute atomic E-state index is 12.8. The van der Waals surface area contributed by atoms with Crippen molar-refractivity contribution in [3.05, 3.63) is 63.0 Å². The Morgan fingerprint density at radius 3 is 2.71 bits per heavy atom. The lowest BCUT2D eigenvalue weighted by Gasteiger charge is -2.16. The SMILES string of the molecule is N#Cc1cc2c(NCC(F)F)nc(=O)n(-c3ccccc3Cl)c2cc1C1CC1. The first-order chi connectivity index (χ1) is 13.5. The molecule has 0 saturated heterocycles. The molecule has 1 fully saturated rings. The first-order valence-corrected chi connectivity index (χ1v) is 9.15. The fourth-order valence-electron chi connectivity index (χ4n) is 3.29. The third-order valence-corrected chi connectivity index (χ3v) is 5.04. The van der Waals surface area contributed by atoms with E-state index in [1.807, 2.05) is 0 Å². The summed E-state index contributed by atoms with van der Waals surface area (Å²) in [4.78, 5) is 16.8. The fraction of sp³-hybridized carbons (Fsp3) is 0.250. The van der Waals surface area contributed by atoms with Gasteiger partial charge in [0.2, 0.25) is 0 Å². The number of hydrogen-bond donors (Lipinski definition) is 1. The first-order valence-electron chi connectivity index (χ1n) is 8.77. The van der Waals surface area contributed by atoms with E-state index in [4.69, 9.17) is 11.6 Å². The standard InChI is InChI=1S/C20H15ClF2N4O/c21-15-3-1-2-4-16(15)27-17-8-13(11-5-6-11)12(9-24)7-14(17)19(26-20(27)28)25-10-18(22)23/h1-4,7-8,11,18H,5-6,10H2,(H,25,26,28). The number of rotatable bonds is 5. The Balaban J connectivity index is 2.04. The maximum Gasteiger partial charge on any atom is 0.354 e. The second-order valence-electron chi connectivity index (χ2n) is 6.64. The zero-order chi connectivity index (χ0) is 19.8. The highest BCUT2D eigenvalue weighted by Gasteiger charge is 2.28. The van der Waals surface area contributed by atoms with Crippen LogP contribution in [0.5, 0.6) is 0 Å². The van der Waals surface area contributed by atoms with Crippen LogP contribution in [0.15, 0.2) is 41.2 Å². The molecule has 2 aromatic carbocycles. The lowest BCUT2D eigenvalue weighted by molar-refractivity contribution is 0.163. The number of fused-ring (bicyclic) bond motifs is 1. The molecule has 142 valence electrons. The number of halogens is 3. The van der Waals surface area contributed by atoms with Crippen molar-refractivity contribution in [2.45, 2.75) is 25.2 Å². The van der Waals surface area contributed by atoms with Crippen LogP contribution in [0.1, 0.15) is 29.9 Å². The Morgan fingerprint density at radius 2 is 2.07 bits per heavy atom. The Hall–Kier alpha value is -2.98. The predicted octanol–water partition coefficient (Wildman–Crippen LogP) is 4.47.